The van der Waals surface area contributed by atoms with Crippen molar-refractivity contribution in [1.29, 1.82) is 0 Å². The number of rotatable bonds is 5. The van der Waals surface area contributed by atoms with E-state index < -0.39 is 0 Å². The molecule has 1 aliphatic carbocycles. The largest absolute Gasteiger partial charge is 0.324 e. The number of benzene rings is 2. The molecule has 0 spiro atoms. The van der Waals surface area contributed by atoms with Crippen molar-refractivity contribution in [2.75, 3.05) is 25.0 Å². The van der Waals surface area contributed by atoms with Gasteiger partial charge in [0.1, 0.15) is 0 Å². The number of hydrogen-bond donors (Lipinski definition) is 2. The third kappa shape index (κ3) is 4.06. The fourth-order valence-corrected chi connectivity index (χ4v) is 4.37. The summed E-state index contributed by atoms with van der Waals surface area (Å²) < 4.78 is 0. The van der Waals surface area contributed by atoms with Crippen LogP contribution in [0.15, 0.2) is 42.5 Å². The fraction of sp³-hybridized carbons (Fsp3) is 0.375. The van der Waals surface area contributed by atoms with Crippen LogP contribution in [0, 0.1) is 0 Å². The van der Waals surface area contributed by atoms with E-state index in [2.05, 4.69) is 29.4 Å². The van der Waals surface area contributed by atoms with Crippen LogP contribution in [0.5, 0.6) is 0 Å². The topological polar surface area (TPSA) is 78.5 Å². The van der Waals surface area contributed by atoms with Gasteiger partial charge in [0, 0.05) is 41.9 Å². The number of amides is 1. The van der Waals surface area contributed by atoms with E-state index in [1.165, 1.54) is 0 Å². The minimum atomic E-state index is -0.225. The zero-order valence-corrected chi connectivity index (χ0v) is 17.4. The lowest BCUT2D eigenvalue weighted by Gasteiger charge is -2.33. The lowest BCUT2D eigenvalue weighted by Crippen LogP contribution is -2.46. The summed E-state index contributed by atoms with van der Waals surface area (Å²) in [4.78, 5) is 40.7. The second-order valence-electron chi connectivity index (χ2n) is 8.35. The number of carbonyl (C=O) groups excluding carboxylic acids is 3. The average Bonchev–Trinajstić information content (AvgIpc) is 2.73. The Morgan fingerprint density at radius 3 is 2.27 bits per heavy atom. The molecule has 0 unspecified atom stereocenters. The molecule has 4 rings (SSSR count). The Kier molecular flexibility index (Phi) is 5.79. The molecule has 0 saturated carbocycles. The Hall–Kier alpha value is -2.83. The number of carbonyl (C=O) groups is 3. The Morgan fingerprint density at radius 1 is 0.967 bits per heavy atom. The summed E-state index contributed by atoms with van der Waals surface area (Å²) in [5.41, 5.74) is 1.83. The first-order valence-corrected chi connectivity index (χ1v) is 10.5. The van der Waals surface area contributed by atoms with Crippen molar-refractivity contribution in [3.8, 4) is 0 Å². The highest BCUT2D eigenvalue weighted by molar-refractivity contribution is 6.30. The van der Waals surface area contributed by atoms with E-state index >= 15 is 0 Å². The van der Waals surface area contributed by atoms with Crippen LogP contribution in [0.3, 0.4) is 0 Å². The zero-order chi connectivity index (χ0) is 21.3. The molecule has 6 nitrogen and oxygen atoms in total. The first kappa shape index (κ1) is 20.4. The van der Waals surface area contributed by atoms with Crippen molar-refractivity contribution in [1.82, 2.24) is 10.2 Å². The normalized spacial score (nSPS) is 17.0. The molecule has 1 aliphatic heterocycles. The number of anilines is 1. The molecular formula is C24H27N3O3. The molecule has 6 heteroatoms. The number of nitrogens with one attached hydrogen (secondary N) is 2. The maximum absolute atomic E-state index is 13.0. The van der Waals surface area contributed by atoms with Gasteiger partial charge in [-0.3, -0.25) is 19.3 Å². The van der Waals surface area contributed by atoms with Crippen molar-refractivity contribution >= 4 is 23.2 Å². The first-order chi connectivity index (χ1) is 14.4. The molecule has 0 radical (unpaired) electrons. The molecule has 2 aliphatic rings. The molecule has 1 heterocycles. The quantitative estimate of drug-likeness (QED) is 0.683. The molecule has 0 atom stereocenters. The standard InChI is InChI=1S/C24H27N3O3/c1-15(2)25-16-10-12-27(13-11-16)14-21(28)26-20-9-5-8-19-22(20)24(30)18-7-4-3-6-17(18)23(19)29/h3-9,15-16,25H,10-14H2,1-2H3,(H,26,28). The van der Waals surface area contributed by atoms with Gasteiger partial charge in [-0.2, -0.15) is 0 Å². The number of fused-ring (bicyclic) bond motifs is 2. The highest BCUT2D eigenvalue weighted by atomic mass is 16.2. The van der Waals surface area contributed by atoms with Crippen LogP contribution in [0.1, 0.15) is 58.5 Å². The van der Waals surface area contributed by atoms with Crippen molar-refractivity contribution in [3.63, 3.8) is 0 Å². The Morgan fingerprint density at radius 2 is 1.60 bits per heavy atom. The van der Waals surface area contributed by atoms with Gasteiger partial charge in [0.2, 0.25) is 5.91 Å². The average molecular weight is 405 g/mol. The van der Waals surface area contributed by atoms with Gasteiger partial charge < -0.3 is 10.6 Å². The summed E-state index contributed by atoms with van der Waals surface area (Å²) in [6, 6.07) is 12.8. The van der Waals surface area contributed by atoms with Gasteiger partial charge >= 0.3 is 0 Å². The van der Waals surface area contributed by atoms with Crippen molar-refractivity contribution in [2.45, 2.75) is 38.8 Å². The minimum absolute atomic E-state index is 0.169. The number of nitrogens with zero attached hydrogens (tertiary/aromatic N) is 1. The second-order valence-corrected chi connectivity index (χ2v) is 8.35. The molecule has 2 N–H and O–H groups in total. The second kappa shape index (κ2) is 8.50. The molecule has 2 aromatic carbocycles. The Labute approximate surface area is 176 Å². The number of likely N-dealkylation sites (tertiary alicyclic amines) is 1. The SMILES string of the molecule is CC(C)NC1CCN(CC(=O)Nc2cccc3c2C(=O)c2ccccc2C3=O)CC1. The van der Waals surface area contributed by atoms with Gasteiger partial charge in [-0.1, -0.05) is 50.2 Å². The number of piperidine rings is 1. The molecule has 30 heavy (non-hydrogen) atoms. The lowest BCUT2D eigenvalue weighted by atomic mass is 9.83. The van der Waals surface area contributed by atoms with E-state index in [1.54, 1.807) is 42.5 Å². The maximum atomic E-state index is 13.0. The summed E-state index contributed by atoms with van der Waals surface area (Å²) in [7, 11) is 0. The van der Waals surface area contributed by atoms with Gasteiger partial charge in [0.05, 0.1) is 17.8 Å². The van der Waals surface area contributed by atoms with Gasteiger partial charge in [-0.15, -0.1) is 0 Å². The number of ketones is 2. The highest BCUT2D eigenvalue weighted by Crippen LogP contribution is 2.31. The molecule has 1 amide bonds. The summed E-state index contributed by atoms with van der Waals surface area (Å²) in [5, 5.41) is 6.42. The molecule has 1 saturated heterocycles. The van der Waals surface area contributed by atoms with E-state index in [9.17, 15) is 14.4 Å². The van der Waals surface area contributed by atoms with Gasteiger partial charge in [-0.25, -0.2) is 0 Å². The van der Waals surface area contributed by atoms with E-state index in [1.807, 2.05) is 0 Å². The van der Waals surface area contributed by atoms with E-state index in [-0.39, 0.29) is 29.6 Å². The fourth-order valence-electron chi connectivity index (χ4n) is 4.37. The lowest BCUT2D eigenvalue weighted by molar-refractivity contribution is -0.117. The van der Waals surface area contributed by atoms with Crippen molar-refractivity contribution < 1.29 is 14.4 Å². The van der Waals surface area contributed by atoms with E-state index in [4.69, 9.17) is 0 Å². The van der Waals surface area contributed by atoms with Crippen molar-refractivity contribution in [2.24, 2.45) is 0 Å². The van der Waals surface area contributed by atoms with Crippen LogP contribution in [0.4, 0.5) is 5.69 Å². The monoisotopic (exact) mass is 405 g/mol. The predicted molar refractivity (Wildman–Crippen MR) is 116 cm³/mol. The van der Waals surface area contributed by atoms with Crippen LogP contribution in [-0.2, 0) is 4.79 Å². The third-order valence-electron chi connectivity index (χ3n) is 5.75. The van der Waals surface area contributed by atoms with Gasteiger partial charge in [0.15, 0.2) is 11.6 Å². The Bertz CT molecular complexity index is 991. The van der Waals surface area contributed by atoms with Crippen molar-refractivity contribution in [3.05, 3.63) is 64.7 Å². The predicted octanol–water partition coefficient (Wildman–Crippen LogP) is 2.86. The third-order valence-corrected chi connectivity index (χ3v) is 5.75. The number of hydrogen-bond acceptors (Lipinski definition) is 5. The van der Waals surface area contributed by atoms with Crippen LogP contribution in [0.2, 0.25) is 0 Å². The van der Waals surface area contributed by atoms with E-state index in [0.717, 1.165) is 25.9 Å². The summed E-state index contributed by atoms with van der Waals surface area (Å²) in [5.74, 6) is -0.578. The van der Waals surface area contributed by atoms with Crippen LogP contribution >= 0.6 is 0 Å². The van der Waals surface area contributed by atoms with Crippen LogP contribution in [-0.4, -0.2) is 54.1 Å². The van der Waals surface area contributed by atoms with Gasteiger partial charge in [-0.05, 0) is 18.9 Å². The maximum Gasteiger partial charge on any atom is 0.238 e. The van der Waals surface area contributed by atoms with Gasteiger partial charge in [0.25, 0.3) is 0 Å². The summed E-state index contributed by atoms with van der Waals surface area (Å²) in [6.07, 6.45) is 2.02. The minimum Gasteiger partial charge on any atom is -0.324 e. The molecular weight excluding hydrogens is 378 g/mol. The smallest absolute Gasteiger partial charge is 0.238 e. The highest BCUT2D eigenvalue weighted by Gasteiger charge is 2.32. The molecule has 0 aromatic heterocycles. The molecule has 156 valence electrons. The first-order valence-electron chi connectivity index (χ1n) is 10.5. The van der Waals surface area contributed by atoms with Crippen LogP contribution < -0.4 is 10.6 Å². The summed E-state index contributed by atoms with van der Waals surface area (Å²) in [6.45, 7) is 6.28. The Balaban J connectivity index is 1.46. The molecule has 1 fully saturated rings. The zero-order valence-electron chi connectivity index (χ0n) is 17.4. The molecule has 2 aromatic rings. The van der Waals surface area contributed by atoms with E-state index in [0.29, 0.717) is 34.5 Å². The van der Waals surface area contributed by atoms with Crippen LogP contribution in [0.25, 0.3) is 0 Å². The molecule has 0 bridgehead atoms. The summed E-state index contributed by atoms with van der Waals surface area (Å²) >= 11 is 0.